The van der Waals surface area contributed by atoms with E-state index in [1.165, 1.54) is 10.4 Å². The standard InChI is InChI=1S/C13H16Cl2FNO2S/c1-9-4-2-3-5-17(9)20(18,19)12-7-11(15)6-10(8-14)13(12)16/h6-7,9H,2-5,8H2,1H3. The lowest BCUT2D eigenvalue weighted by Crippen LogP contribution is -2.42. The Labute approximate surface area is 128 Å². The fourth-order valence-corrected chi connectivity index (χ4v) is 4.79. The van der Waals surface area contributed by atoms with Crippen LogP contribution < -0.4 is 0 Å². The molecular weight excluding hydrogens is 324 g/mol. The monoisotopic (exact) mass is 339 g/mol. The summed E-state index contributed by atoms with van der Waals surface area (Å²) in [4.78, 5) is -0.380. The molecule has 0 amide bonds. The fourth-order valence-electron chi connectivity index (χ4n) is 2.46. The Kier molecular flexibility index (Phi) is 4.95. The van der Waals surface area contributed by atoms with Crippen LogP contribution in [0.4, 0.5) is 4.39 Å². The lowest BCUT2D eigenvalue weighted by Gasteiger charge is -2.32. The maximum Gasteiger partial charge on any atom is 0.246 e. The number of halogens is 3. The normalized spacial score (nSPS) is 21.1. The van der Waals surface area contributed by atoms with Crippen molar-refractivity contribution in [3.8, 4) is 0 Å². The molecule has 1 unspecified atom stereocenters. The zero-order valence-electron chi connectivity index (χ0n) is 11.1. The molecule has 3 nitrogen and oxygen atoms in total. The molecule has 2 rings (SSSR count). The molecule has 1 fully saturated rings. The number of piperidine rings is 1. The average molecular weight is 340 g/mol. The van der Waals surface area contributed by atoms with Gasteiger partial charge in [-0.05, 0) is 31.9 Å². The largest absolute Gasteiger partial charge is 0.246 e. The summed E-state index contributed by atoms with van der Waals surface area (Å²) in [7, 11) is -3.88. The molecule has 7 heteroatoms. The van der Waals surface area contributed by atoms with Crippen LogP contribution in [0.15, 0.2) is 17.0 Å². The van der Waals surface area contributed by atoms with Gasteiger partial charge in [-0.15, -0.1) is 11.6 Å². The summed E-state index contributed by atoms with van der Waals surface area (Å²) in [6.45, 7) is 2.24. The van der Waals surface area contributed by atoms with Crippen molar-refractivity contribution in [1.82, 2.24) is 4.31 Å². The molecule has 0 N–H and O–H groups in total. The Balaban J connectivity index is 2.51. The molecule has 1 aliphatic rings. The summed E-state index contributed by atoms with van der Waals surface area (Å²) < 4.78 is 40.9. The molecular formula is C13H16Cl2FNO2S. The van der Waals surface area contributed by atoms with E-state index in [4.69, 9.17) is 23.2 Å². The summed E-state index contributed by atoms with van der Waals surface area (Å²) >= 11 is 11.5. The number of hydrogen-bond acceptors (Lipinski definition) is 2. The van der Waals surface area contributed by atoms with Crippen molar-refractivity contribution in [1.29, 1.82) is 0 Å². The number of benzene rings is 1. The maximum atomic E-state index is 14.3. The summed E-state index contributed by atoms with van der Waals surface area (Å²) in [5, 5.41) is 0.172. The topological polar surface area (TPSA) is 37.4 Å². The molecule has 0 aromatic heterocycles. The van der Waals surface area contributed by atoms with E-state index in [-0.39, 0.29) is 27.4 Å². The molecule has 1 aliphatic heterocycles. The van der Waals surface area contributed by atoms with Gasteiger partial charge in [-0.1, -0.05) is 18.0 Å². The zero-order valence-corrected chi connectivity index (χ0v) is 13.4. The van der Waals surface area contributed by atoms with Gasteiger partial charge < -0.3 is 0 Å². The lowest BCUT2D eigenvalue weighted by atomic mass is 10.1. The van der Waals surface area contributed by atoms with E-state index in [9.17, 15) is 12.8 Å². The van der Waals surface area contributed by atoms with Gasteiger partial charge in [0.05, 0.1) is 5.88 Å². The number of hydrogen-bond donors (Lipinski definition) is 0. The highest BCUT2D eigenvalue weighted by Gasteiger charge is 2.33. The summed E-state index contributed by atoms with van der Waals surface area (Å²) in [6, 6.07) is 2.37. The zero-order chi connectivity index (χ0) is 14.9. The summed E-state index contributed by atoms with van der Waals surface area (Å²) in [6.07, 6.45) is 2.55. The van der Waals surface area contributed by atoms with E-state index in [0.29, 0.717) is 6.54 Å². The molecule has 20 heavy (non-hydrogen) atoms. The minimum Gasteiger partial charge on any atom is -0.207 e. The van der Waals surface area contributed by atoms with E-state index >= 15 is 0 Å². The van der Waals surface area contributed by atoms with Gasteiger partial charge in [0.25, 0.3) is 0 Å². The van der Waals surface area contributed by atoms with Crippen LogP contribution in [0.5, 0.6) is 0 Å². The van der Waals surface area contributed by atoms with E-state index in [1.54, 1.807) is 0 Å². The first-order valence-corrected chi connectivity index (χ1v) is 8.79. The minimum atomic E-state index is -3.88. The van der Waals surface area contributed by atoms with Crippen molar-refractivity contribution >= 4 is 33.2 Å². The predicted octanol–water partition coefficient (Wildman–Crippen LogP) is 3.78. The Morgan fingerprint density at radius 3 is 2.70 bits per heavy atom. The fraction of sp³-hybridized carbons (Fsp3) is 0.538. The molecule has 1 saturated heterocycles. The second kappa shape index (κ2) is 6.18. The van der Waals surface area contributed by atoms with Gasteiger partial charge in [-0.2, -0.15) is 4.31 Å². The van der Waals surface area contributed by atoms with Crippen LogP contribution in [0.1, 0.15) is 31.7 Å². The van der Waals surface area contributed by atoms with Crippen LogP contribution in [0.25, 0.3) is 0 Å². The van der Waals surface area contributed by atoms with Gasteiger partial charge in [0.2, 0.25) is 10.0 Å². The van der Waals surface area contributed by atoms with Gasteiger partial charge in [-0.3, -0.25) is 0 Å². The number of rotatable bonds is 3. The molecule has 1 aromatic rings. The minimum absolute atomic E-state index is 0.0994. The average Bonchev–Trinajstić information content (AvgIpc) is 2.41. The van der Waals surface area contributed by atoms with Crippen molar-refractivity contribution in [3.63, 3.8) is 0 Å². The van der Waals surface area contributed by atoms with Crippen LogP contribution in [-0.2, 0) is 15.9 Å². The highest BCUT2D eigenvalue weighted by atomic mass is 35.5. The third kappa shape index (κ3) is 2.96. The van der Waals surface area contributed by atoms with E-state index in [0.717, 1.165) is 25.3 Å². The molecule has 0 bridgehead atoms. The molecule has 0 aliphatic carbocycles. The molecule has 1 atom stereocenters. The smallest absolute Gasteiger partial charge is 0.207 e. The quantitative estimate of drug-likeness (QED) is 0.786. The SMILES string of the molecule is CC1CCCCN1S(=O)(=O)c1cc(Cl)cc(CCl)c1F. The molecule has 112 valence electrons. The van der Waals surface area contributed by atoms with Crippen molar-refractivity contribution in [2.75, 3.05) is 6.54 Å². The molecule has 0 spiro atoms. The molecule has 0 radical (unpaired) electrons. The van der Waals surface area contributed by atoms with Crippen molar-refractivity contribution in [2.24, 2.45) is 0 Å². The number of sulfonamides is 1. The Morgan fingerprint density at radius 2 is 2.10 bits per heavy atom. The number of alkyl halides is 1. The Bertz CT molecular complexity index is 607. The van der Waals surface area contributed by atoms with Gasteiger partial charge in [0.1, 0.15) is 10.7 Å². The van der Waals surface area contributed by atoms with E-state index in [1.807, 2.05) is 6.92 Å². The molecule has 1 heterocycles. The van der Waals surface area contributed by atoms with Gasteiger partial charge in [0.15, 0.2) is 0 Å². The van der Waals surface area contributed by atoms with E-state index < -0.39 is 15.8 Å². The lowest BCUT2D eigenvalue weighted by molar-refractivity contribution is 0.268. The van der Waals surface area contributed by atoms with Crippen molar-refractivity contribution < 1.29 is 12.8 Å². The third-order valence-corrected chi connectivity index (χ3v) is 6.07. The maximum absolute atomic E-state index is 14.3. The first-order chi connectivity index (χ1) is 9.37. The van der Waals surface area contributed by atoms with Crippen LogP contribution in [0.3, 0.4) is 0 Å². The summed E-state index contributed by atoms with van der Waals surface area (Å²) in [5.74, 6) is -0.924. The second-order valence-corrected chi connectivity index (χ2v) is 7.53. The van der Waals surface area contributed by atoms with Crippen molar-refractivity contribution in [3.05, 3.63) is 28.5 Å². The Hall–Kier alpha value is -0.360. The molecule has 1 aromatic carbocycles. The predicted molar refractivity (Wildman–Crippen MR) is 78.2 cm³/mol. The van der Waals surface area contributed by atoms with Crippen LogP contribution in [-0.4, -0.2) is 25.3 Å². The first-order valence-electron chi connectivity index (χ1n) is 6.43. The third-order valence-electron chi connectivity index (χ3n) is 3.55. The Morgan fingerprint density at radius 1 is 1.40 bits per heavy atom. The van der Waals surface area contributed by atoms with Crippen LogP contribution >= 0.6 is 23.2 Å². The van der Waals surface area contributed by atoms with Gasteiger partial charge >= 0.3 is 0 Å². The highest BCUT2D eigenvalue weighted by molar-refractivity contribution is 7.89. The van der Waals surface area contributed by atoms with Crippen LogP contribution in [0.2, 0.25) is 5.02 Å². The van der Waals surface area contributed by atoms with Crippen LogP contribution in [0, 0.1) is 5.82 Å². The number of nitrogens with zero attached hydrogens (tertiary/aromatic N) is 1. The van der Waals surface area contributed by atoms with Crippen molar-refractivity contribution in [2.45, 2.75) is 43.0 Å². The summed E-state index contributed by atoms with van der Waals surface area (Å²) in [5.41, 5.74) is 0.0994. The van der Waals surface area contributed by atoms with E-state index in [2.05, 4.69) is 0 Å². The van der Waals surface area contributed by atoms with Gasteiger partial charge in [-0.25, -0.2) is 12.8 Å². The second-order valence-electron chi connectivity index (χ2n) is 4.97. The van der Waals surface area contributed by atoms with Gasteiger partial charge in [0, 0.05) is 23.2 Å². The first kappa shape index (κ1) is 16.0. The molecule has 0 saturated carbocycles. The highest BCUT2D eigenvalue weighted by Crippen LogP contribution is 2.30.